The molecule has 182 valence electrons. The number of anilines is 1. The van der Waals surface area contributed by atoms with Crippen LogP contribution in [0, 0.1) is 0 Å². The zero-order valence-electron chi connectivity index (χ0n) is 19.8. The van der Waals surface area contributed by atoms with Crippen LogP contribution in [0.25, 0.3) is 10.9 Å². The number of aryl methyl sites for hydroxylation is 1. The fraction of sp³-hybridized carbons (Fsp3) is 0.346. The van der Waals surface area contributed by atoms with Crippen molar-refractivity contribution in [1.82, 2.24) is 9.88 Å². The van der Waals surface area contributed by atoms with Crippen LogP contribution in [0.2, 0.25) is 0 Å². The van der Waals surface area contributed by atoms with Crippen LogP contribution < -0.4 is 10.9 Å². The van der Waals surface area contributed by atoms with Gasteiger partial charge in [0, 0.05) is 30.1 Å². The molecule has 9 nitrogen and oxygen atoms in total. The Labute approximate surface area is 202 Å². The molecule has 3 aromatic rings. The van der Waals surface area contributed by atoms with Crippen molar-refractivity contribution in [3.63, 3.8) is 0 Å². The third-order valence-electron chi connectivity index (χ3n) is 5.95. The number of rotatable bonds is 8. The van der Waals surface area contributed by atoms with Gasteiger partial charge in [0.1, 0.15) is 24.5 Å². The van der Waals surface area contributed by atoms with Gasteiger partial charge in [-0.3, -0.25) is 14.6 Å². The number of aromatic nitrogens is 1. The smallest absolute Gasteiger partial charge is 0.348 e. The van der Waals surface area contributed by atoms with Crippen LogP contribution in [0.15, 0.2) is 63.0 Å². The lowest BCUT2D eigenvalue weighted by molar-refractivity contribution is -0.119. The van der Waals surface area contributed by atoms with E-state index in [-0.39, 0.29) is 24.4 Å². The highest BCUT2D eigenvalue weighted by Crippen LogP contribution is 2.22. The maximum Gasteiger partial charge on any atom is 0.348 e. The Morgan fingerprint density at radius 2 is 2.09 bits per heavy atom. The van der Waals surface area contributed by atoms with Crippen LogP contribution in [-0.4, -0.2) is 47.1 Å². The number of nitrogens with zero attached hydrogens (tertiary/aromatic N) is 3. The van der Waals surface area contributed by atoms with E-state index >= 15 is 0 Å². The summed E-state index contributed by atoms with van der Waals surface area (Å²) in [6.07, 6.45) is 5.53. The first kappa shape index (κ1) is 24.1. The molecule has 1 aliphatic heterocycles. The molecule has 0 radical (unpaired) electrons. The molecule has 0 unspecified atom stereocenters. The van der Waals surface area contributed by atoms with Crippen molar-refractivity contribution < 1.29 is 18.8 Å². The second kappa shape index (κ2) is 10.9. The number of likely N-dealkylation sites (tertiary alicyclic amines) is 1. The lowest BCUT2D eigenvalue weighted by atomic mass is 10.1. The van der Waals surface area contributed by atoms with Gasteiger partial charge in [-0.1, -0.05) is 31.0 Å². The normalized spacial score (nSPS) is 16.6. The minimum atomic E-state index is -0.857. The molecule has 9 heteroatoms. The number of oxime groups is 1. The summed E-state index contributed by atoms with van der Waals surface area (Å²) in [7, 11) is 1.40. The average molecular weight is 477 g/mol. The number of benzene rings is 1. The third kappa shape index (κ3) is 5.56. The van der Waals surface area contributed by atoms with Gasteiger partial charge in [0.2, 0.25) is 5.91 Å². The second-order valence-electron chi connectivity index (χ2n) is 8.45. The maximum absolute atomic E-state index is 13.3. The highest BCUT2D eigenvalue weighted by Gasteiger charge is 2.39. The number of fused-ring (bicyclic) bond motifs is 1. The molecule has 3 heterocycles. The van der Waals surface area contributed by atoms with E-state index in [9.17, 15) is 14.4 Å². The summed E-state index contributed by atoms with van der Waals surface area (Å²) in [4.78, 5) is 49.6. The summed E-state index contributed by atoms with van der Waals surface area (Å²) in [5.41, 5.74) is 1.10. The second-order valence-corrected chi connectivity index (χ2v) is 8.45. The third-order valence-corrected chi connectivity index (χ3v) is 5.95. The number of unbranched alkanes of at least 4 members (excludes halogenated alkanes) is 2. The van der Waals surface area contributed by atoms with Gasteiger partial charge in [0.15, 0.2) is 0 Å². The lowest BCUT2D eigenvalue weighted by Crippen LogP contribution is -2.44. The van der Waals surface area contributed by atoms with Crippen LogP contribution in [0.3, 0.4) is 0 Å². The van der Waals surface area contributed by atoms with E-state index in [1.165, 1.54) is 18.1 Å². The molecule has 1 fully saturated rings. The molecular formula is C26H28N4O5. The fourth-order valence-corrected chi connectivity index (χ4v) is 4.18. The lowest BCUT2D eigenvalue weighted by Gasteiger charge is -2.23. The Morgan fingerprint density at radius 3 is 2.86 bits per heavy atom. The Balaban J connectivity index is 1.55. The predicted octanol–water partition coefficient (Wildman–Crippen LogP) is 3.78. The highest BCUT2D eigenvalue weighted by atomic mass is 16.6. The molecule has 4 rings (SSSR count). The minimum Gasteiger partial charge on any atom is -0.427 e. The van der Waals surface area contributed by atoms with E-state index in [1.54, 1.807) is 18.3 Å². The van der Waals surface area contributed by atoms with Gasteiger partial charge in [0.05, 0.1) is 17.8 Å². The number of carbonyl (C=O) groups is 2. The van der Waals surface area contributed by atoms with Crippen molar-refractivity contribution >= 4 is 34.1 Å². The first-order valence-electron chi connectivity index (χ1n) is 11.7. The fourth-order valence-electron chi connectivity index (χ4n) is 4.18. The highest BCUT2D eigenvalue weighted by molar-refractivity contribution is 6.08. The molecule has 0 spiro atoms. The summed E-state index contributed by atoms with van der Waals surface area (Å²) < 4.78 is 5.38. The van der Waals surface area contributed by atoms with Crippen LogP contribution in [0.1, 0.15) is 48.7 Å². The molecule has 1 N–H and O–H groups in total. The van der Waals surface area contributed by atoms with E-state index in [2.05, 4.69) is 22.4 Å². The van der Waals surface area contributed by atoms with Crippen LogP contribution >= 0.6 is 0 Å². The topological polar surface area (TPSA) is 114 Å². The summed E-state index contributed by atoms with van der Waals surface area (Å²) in [6.45, 7) is 2.17. The number of carbonyl (C=O) groups excluding carboxylic acids is 2. The molecule has 0 saturated carbocycles. The van der Waals surface area contributed by atoms with Crippen molar-refractivity contribution in [3.05, 3.63) is 70.4 Å². The SMILES string of the molecule is CCCCCc1ccc(C(=O)N2C/C(=N/OC)C[C@H]2C(=O)Nc2ccc3ncccc3c2)c(=O)o1. The summed E-state index contributed by atoms with van der Waals surface area (Å²) in [5.74, 6) is -0.422. The minimum absolute atomic E-state index is 0.0735. The number of hydrogen-bond donors (Lipinski definition) is 1. The van der Waals surface area contributed by atoms with Crippen molar-refractivity contribution in [3.8, 4) is 0 Å². The predicted molar refractivity (Wildman–Crippen MR) is 132 cm³/mol. The molecule has 1 saturated heterocycles. The van der Waals surface area contributed by atoms with Crippen LogP contribution in [-0.2, 0) is 16.1 Å². The average Bonchev–Trinajstić information content (AvgIpc) is 3.28. The molecular weight excluding hydrogens is 448 g/mol. The van der Waals surface area contributed by atoms with Crippen molar-refractivity contribution in [2.24, 2.45) is 5.16 Å². The zero-order valence-corrected chi connectivity index (χ0v) is 19.8. The number of nitrogens with one attached hydrogen (secondary N) is 1. The van der Waals surface area contributed by atoms with Gasteiger partial charge >= 0.3 is 5.63 Å². The molecule has 1 atom stereocenters. The van der Waals surface area contributed by atoms with Crippen LogP contribution in [0.5, 0.6) is 0 Å². The molecule has 2 aromatic heterocycles. The van der Waals surface area contributed by atoms with Crippen molar-refractivity contribution in [2.75, 3.05) is 19.0 Å². The largest absolute Gasteiger partial charge is 0.427 e. The number of amides is 2. The monoisotopic (exact) mass is 476 g/mol. The Hall–Kier alpha value is -4.01. The summed E-state index contributed by atoms with van der Waals surface area (Å²) >= 11 is 0. The van der Waals surface area contributed by atoms with E-state index in [4.69, 9.17) is 9.25 Å². The standard InChI is InChI=1S/C26H28N4O5/c1-3-4-5-8-20-10-11-21(26(33)35-20)25(32)30-16-19(29-34-2)15-23(30)24(31)28-18-9-12-22-17(14-18)7-6-13-27-22/h6-7,9-14,23H,3-5,8,15-16H2,1-2H3,(H,28,31)/b29-19+/t23-/m0/s1. The molecule has 0 aliphatic carbocycles. The molecule has 35 heavy (non-hydrogen) atoms. The molecule has 2 amide bonds. The van der Waals surface area contributed by atoms with Gasteiger partial charge < -0.3 is 19.5 Å². The summed E-state index contributed by atoms with van der Waals surface area (Å²) in [6, 6.07) is 11.4. The van der Waals surface area contributed by atoms with E-state index in [0.717, 1.165) is 30.2 Å². The van der Waals surface area contributed by atoms with E-state index in [1.807, 2.05) is 24.3 Å². The van der Waals surface area contributed by atoms with E-state index in [0.29, 0.717) is 23.6 Å². The molecule has 1 aliphatic rings. The van der Waals surface area contributed by atoms with Crippen molar-refractivity contribution in [2.45, 2.75) is 45.1 Å². The molecule has 1 aromatic carbocycles. The Bertz CT molecular complexity index is 1320. The van der Waals surface area contributed by atoms with Gasteiger partial charge in [-0.2, -0.15) is 0 Å². The van der Waals surface area contributed by atoms with Gasteiger partial charge in [0.25, 0.3) is 5.91 Å². The van der Waals surface area contributed by atoms with Gasteiger partial charge in [-0.25, -0.2) is 4.79 Å². The molecule has 0 bridgehead atoms. The van der Waals surface area contributed by atoms with Crippen molar-refractivity contribution in [1.29, 1.82) is 0 Å². The first-order chi connectivity index (χ1) is 17.0. The van der Waals surface area contributed by atoms with Gasteiger partial charge in [-0.05, 0) is 42.8 Å². The Kier molecular flexibility index (Phi) is 7.54. The summed E-state index contributed by atoms with van der Waals surface area (Å²) in [5, 5.41) is 7.69. The van der Waals surface area contributed by atoms with Gasteiger partial charge in [-0.15, -0.1) is 0 Å². The maximum atomic E-state index is 13.3. The van der Waals surface area contributed by atoms with E-state index < -0.39 is 17.6 Å². The Morgan fingerprint density at radius 1 is 1.23 bits per heavy atom. The first-order valence-corrected chi connectivity index (χ1v) is 11.7. The number of hydrogen-bond acceptors (Lipinski definition) is 7. The zero-order chi connectivity index (χ0) is 24.8. The van der Waals surface area contributed by atoms with Crippen LogP contribution in [0.4, 0.5) is 5.69 Å². The number of pyridine rings is 1. The quantitative estimate of drug-likeness (QED) is 0.391.